The largest absolute Gasteiger partial charge is 0.435 e. The Morgan fingerprint density at radius 1 is 1.10 bits per heavy atom. The van der Waals surface area contributed by atoms with Gasteiger partial charge in [0.05, 0.1) is 5.69 Å². The average molecular weight is 470 g/mol. The highest BCUT2D eigenvalue weighted by Crippen LogP contribution is 2.37. The minimum atomic E-state index is -5.14. The van der Waals surface area contributed by atoms with Gasteiger partial charge in [-0.2, -0.15) is 31.4 Å². The minimum absolute atomic E-state index is 0.107. The van der Waals surface area contributed by atoms with Crippen LogP contribution in [0.5, 0.6) is 0 Å². The van der Waals surface area contributed by atoms with E-state index in [1.165, 1.54) is 24.3 Å². The van der Waals surface area contributed by atoms with E-state index in [9.17, 15) is 36.2 Å². The summed E-state index contributed by atoms with van der Waals surface area (Å²) in [6.45, 7) is 0.0817. The molecule has 2 aromatic rings. The van der Waals surface area contributed by atoms with Crippen molar-refractivity contribution < 1.29 is 36.2 Å². The molecular weight excluding hydrogens is 452 g/mol. The maximum atomic E-state index is 13.3. The SMILES string of the molecule is CC(O)(C(=O)N1CCC(c2cc(C(F)(F)F)nn2-c2ccc(Cl)cc2)CC1)C(F)(F)F. The molecule has 1 aliphatic rings. The Hall–Kier alpha value is -2.27. The Labute approximate surface area is 178 Å². The molecule has 1 amide bonds. The van der Waals surface area contributed by atoms with E-state index in [1.54, 1.807) is 0 Å². The maximum absolute atomic E-state index is 13.3. The Morgan fingerprint density at radius 2 is 1.65 bits per heavy atom. The van der Waals surface area contributed by atoms with Gasteiger partial charge in [0.15, 0.2) is 5.69 Å². The predicted octanol–water partition coefficient (Wildman–Crippen LogP) is 4.56. The molecule has 1 aliphatic heterocycles. The topological polar surface area (TPSA) is 58.4 Å². The molecule has 1 N–H and O–H groups in total. The molecule has 170 valence electrons. The van der Waals surface area contributed by atoms with Crippen LogP contribution in [-0.2, 0) is 11.0 Å². The third-order valence-electron chi connectivity index (χ3n) is 5.27. The number of rotatable bonds is 3. The average Bonchev–Trinajstić information content (AvgIpc) is 3.13. The third-order valence-corrected chi connectivity index (χ3v) is 5.52. The molecule has 31 heavy (non-hydrogen) atoms. The number of alkyl halides is 6. The maximum Gasteiger partial charge on any atom is 0.435 e. The van der Waals surface area contributed by atoms with Crippen LogP contribution in [0.2, 0.25) is 5.02 Å². The van der Waals surface area contributed by atoms with E-state index < -0.39 is 35.5 Å². The molecule has 0 radical (unpaired) electrons. The van der Waals surface area contributed by atoms with Gasteiger partial charge in [-0.3, -0.25) is 4.79 Å². The number of aliphatic hydroxyl groups is 1. The van der Waals surface area contributed by atoms with Gasteiger partial charge in [0, 0.05) is 29.7 Å². The predicted molar refractivity (Wildman–Crippen MR) is 98.8 cm³/mol. The molecule has 1 fully saturated rings. The van der Waals surface area contributed by atoms with Crippen molar-refractivity contribution in [3.63, 3.8) is 0 Å². The van der Waals surface area contributed by atoms with E-state index in [0.717, 1.165) is 15.6 Å². The summed E-state index contributed by atoms with van der Waals surface area (Å²) in [5, 5.41) is 13.6. The fourth-order valence-electron chi connectivity index (χ4n) is 3.42. The van der Waals surface area contributed by atoms with Gasteiger partial charge >= 0.3 is 12.4 Å². The summed E-state index contributed by atoms with van der Waals surface area (Å²) in [4.78, 5) is 13.0. The van der Waals surface area contributed by atoms with Gasteiger partial charge in [0.2, 0.25) is 5.60 Å². The van der Waals surface area contributed by atoms with Crippen molar-refractivity contribution in [2.45, 2.75) is 43.6 Å². The van der Waals surface area contributed by atoms with Crippen molar-refractivity contribution in [3.8, 4) is 5.69 Å². The van der Waals surface area contributed by atoms with Gasteiger partial charge in [-0.15, -0.1) is 0 Å². The van der Waals surface area contributed by atoms with Crippen LogP contribution in [0.25, 0.3) is 5.69 Å². The molecule has 0 saturated carbocycles. The van der Waals surface area contributed by atoms with Crippen LogP contribution in [0.1, 0.15) is 37.1 Å². The number of benzene rings is 1. The number of carbonyl (C=O) groups is 1. The van der Waals surface area contributed by atoms with Crippen molar-refractivity contribution >= 4 is 17.5 Å². The molecule has 1 atom stereocenters. The molecule has 0 spiro atoms. The summed E-state index contributed by atoms with van der Waals surface area (Å²) in [5.41, 5.74) is -4.07. The molecule has 0 aliphatic carbocycles. The van der Waals surface area contributed by atoms with Crippen LogP contribution in [0, 0.1) is 0 Å². The van der Waals surface area contributed by atoms with Crippen molar-refractivity contribution in [3.05, 3.63) is 46.7 Å². The highest BCUT2D eigenvalue weighted by molar-refractivity contribution is 6.30. The number of likely N-dealkylation sites (tertiary alicyclic amines) is 1. The number of halogens is 7. The number of hydrogen-bond donors (Lipinski definition) is 1. The first-order valence-electron chi connectivity index (χ1n) is 9.23. The highest BCUT2D eigenvalue weighted by Gasteiger charge is 2.57. The Morgan fingerprint density at radius 3 is 2.13 bits per heavy atom. The summed E-state index contributed by atoms with van der Waals surface area (Å²) < 4.78 is 79.7. The molecule has 12 heteroatoms. The summed E-state index contributed by atoms with van der Waals surface area (Å²) in [5.74, 6) is -1.97. The second-order valence-electron chi connectivity index (χ2n) is 7.48. The zero-order valence-electron chi connectivity index (χ0n) is 16.1. The highest BCUT2D eigenvalue weighted by atomic mass is 35.5. The molecule has 1 aromatic heterocycles. The fraction of sp³-hybridized carbons (Fsp3) is 0.474. The molecule has 0 bridgehead atoms. The zero-order chi connectivity index (χ0) is 23.2. The van der Waals surface area contributed by atoms with Crippen molar-refractivity contribution in [2.24, 2.45) is 0 Å². The van der Waals surface area contributed by atoms with E-state index in [-0.39, 0.29) is 31.6 Å². The molecule has 1 unspecified atom stereocenters. The Balaban J connectivity index is 1.85. The van der Waals surface area contributed by atoms with Crippen molar-refractivity contribution in [1.82, 2.24) is 14.7 Å². The molecular formula is C19H18ClF6N3O2. The lowest BCUT2D eigenvalue weighted by atomic mass is 9.91. The monoisotopic (exact) mass is 469 g/mol. The van der Waals surface area contributed by atoms with Crippen LogP contribution in [-0.4, -0.2) is 50.6 Å². The first-order chi connectivity index (χ1) is 14.2. The van der Waals surface area contributed by atoms with Crippen LogP contribution in [0.15, 0.2) is 30.3 Å². The first kappa shape index (κ1) is 23.4. The number of piperidine rings is 1. The second-order valence-corrected chi connectivity index (χ2v) is 7.91. The summed E-state index contributed by atoms with van der Waals surface area (Å²) in [6.07, 6.45) is -9.61. The molecule has 3 rings (SSSR count). The molecule has 1 saturated heterocycles. The Bertz CT molecular complexity index is 945. The number of hydrogen-bond acceptors (Lipinski definition) is 3. The van der Waals surface area contributed by atoms with Gasteiger partial charge in [-0.25, -0.2) is 4.68 Å². The van der Waals surface area contributed by atoms with Gasteiger partial charge in [-0.1, -0.05) is 11.6 Å². The quantitative estimate of drug-likeness (QED) is 0.670. The summed E-state index contributed by atoms with van der Waals surface area (Å²) >= 11 is 5.83. The lowest BCUT2D eigenvalue weighted by Crippen LogP contribution is -2.57. The normalized spacial score (nSPS) is 18.2. The van der Waals surface area contributed by atoms with E-state index in [1.807, 2.05) is 0 Å². The van der Waals surface area contributed by atoms with Crippen LogP contribution in [0.3, 0.4) is 0 Å². The van der Waals surface area contributed by atoms with Crippen molar-refractivity contribution in [2.75, 3.05) is 13.1 Å². The standard InChI is InChI=1S/C19H18ClF6N3O2/c1-17(31,19(24,25)26)16(30)28-8-6-11(7-9-28)14-10-15(18(21,22)23)27-29(14)13-4-2-12(20)3-5-13/h2-5,10-11,31H,6-9H2,1H3. The number of amides is 1. The van der Waals surface area contributed by atoms with Crippen LogP contribution >= 0.6 is 11.6 Å². The lowest BCUT2D eigenvalue weighted by Gasteiger charge is -2.36. The second kappa shape index (κ2) is 8.01. The van der Waals surface area contributed by atoms with E-state index in [2.05, 4.69) is 5.10 Å². The van der Waals surface area contributed by atoms with E-state index in [0.29, 0.717) is 17.6 Å². The van der Waals surface area contributed by atoms with Crippen LogP contribution < -0.4 is 0 Å². The lowest BCUT2D eigenvalue weighted by molar-refractivity contribution is -0.250. The van der Waals surface area contributed by atoms with Gasteiger partial charge in [0.25, 0.3) is 5.91 Å². The summed E-state index contributed by atoms with van der Waals surface area (Å²) in [7, 11) is 0. The first-order valence-corrected chi connectivity index (χ1v) is 9.61. The van der Waals surface area contributed by atoms with Gasteiger partial charge < -0.3 is 10.0 Å². The molecule has 5 nitrogen and oxygen atoms in total. The minimum Gasteiger partial charge on any atom is -0.373 e. The number of nitrogens with zero attached hydrogens (tertiary/aromatic N) is 3. The van der Waals surface area contributed by atoms with Crippen LogP contribution in [0.4, 0.5) is 26.3 Å². The molecule has 1 aromatic carbocycles. The number of aromatic nitrogens is 2. The number of carbonyl (C=O) groups excluding carboxylic acids is 1. The fourth-order valence-corrected chi connectivity index (χ4v) is 3.55. The summed E-state index contributed by atoms with van der Waals surface area (Å²) in [6, 6.07) is 6.89. The van der Waals surface area contributed by atoms with Gasteiger partial charge in [-0.05, 0) is 50.1 Å². The zero-order valence-corrected chi connectivity index (χ0v) is 16.9. The van der Waals surface area contributed by atoms with Crippen molar-refractivity contribution in [1.29, 1.82) is 0 Å². The van der Waals surface area contributed by atoms with E-state index >= 15 is 0 Å². The van der Waals surface area contributed by atoms with E-state index in [4.69, 9.17) is 11.6 Å². The molecule has 2 heterocycles. The smallest absolute Gasteiger partial charge is 0.373 e. The Kier molecular flexibility index (Phi) is 6.05. The van der Waals surface area contributed by atoms with Gasteiger partial charge in [0.1, 0.15) is 0 Å². The third kappa shape index (κ3) is 4.67.